The minimum atomic E-state index is -0.848. The number of carboxylic acid groups (broad SMARTS) is 1. The average molecular weight is 384 g/mol. The van der Waals surface area contributed by atoms with E-state index >= 15 is 0 Å². The lowest BCUT2D eigenvalue weighted by molar-refractivity contribution is -0.167. The van der Waals surface area contributed by atoms with Crippen LogP contribution in [0.2, 0.25) is 0 Å². The summed E-state index contributed by atoms with van der Waals surface area (Å²) in [6.07, 6.45) is 3.50. The van der Waals surface area contributed by atoms with Crippen molar-refractivity contribution in [1.29, 1.82) is 0 Å². The number of ether oxygens (including phenoxy) is 1. The van der Waals surface area contributed by atoms with Crippen molar-refractivity contribution in [2.24, 2.45) is 28.6 Å². The average Bonchev–Trinajstić information content (AvgIpc) is 2.78. The van der Waals surface area contributed by atoms with Crippen molar-refractivity contribution in [2.45, 2.75) is 66.4 Å². The normalized spacial score (nSPS) is 28.6. The molecule has 0 bridgehead atoms. The Morgan fingerprint density at radius 1 is 1.33 bits per heavy atom. The van der Waals surface area contributed by atoms with Gasteiger partial charge in [-0.15, -0.1) is 0 Å². The van der Waals surface area contributed by atoms with Crippen LogP contribution in [0, 0.1) is 28.6 Å². The van der Waals surface area contributed by atoms with E-state index in [9.17, 15) is 19.1 Å². The van der Waals surface area contributed by atoms with Crippen molar-refractivity contribution in [3.63, 3.8) is 0 Å². The number of carbonyl (C=O) groups excluding carboxylic acids is 1. The van der Waals surface area contributed by atoms with E-state index in [4.69, 9.17) is 4.74 Å². The van der Waals surface area contributed by atoms with Crippen LogP contribution in [0.1, 0.15) is 60.8 Å². The summed E-state index contributed by atoms with van der Waals surface area (Å²) in [7, 11) is 0. The van der Waals surface area contributed by atoms with Crippen molar-refractivity contribution in [1.82, 2.24) is 5.32 Å². The van der Waals surface area contributed by atoms with Gasteiger partial charge >= 0.3 is 12.1 Å². The number of amides is 1. The minimum Gasteiger partial charge on any atom is -0.481 e. The standard InChI is InChI=1S/C21H34FNO4/c1-19(2,3)16(17(24)25)21(12-23-18(26)27-20(4,5)6)11-14-9-13(7-8-22)10-15(14)21/h10,14-16H,7-9,11-12H2,1-6H3,(H,23,26)(H,24,25)/t14-,15+,16?,21+/m0/s1. The van der Waals surface area contributed by atoms with Gasteiger partial charge in [0.25, 0.3) is 0 Å². The summed E-state index contributed by atoms with van der Waals surface area (Å²) in [5, 5.41) is 12.8. The third-order valence-electron chi connectivity index (χ3n) is 5.82. The molecule has 27 heavy (non-hydrogen) atoms. The predicted molar refractivity (Wildman–Crippen MR) is 102 cm³/mol. The Hall–Kier alpha value is -1.59. The van der Waals surface area contributed by atoms with Crippen molar-refractivity contribution in [2.75, 3.05) is 13.2 Å². The van der Waals surface area contributed by atoms with E-state index in [2.05, 4.69) is 11.4 Å². The van der Waals surface area contributed by atoms with Crippen LogP contribution in [0.25, 0.3) is 0 Å². The summed E-state index contributed by atoms with van der Waals surface area (Å²) in [5.41, 5.74) is -0.589. The van der Waals surface area contributed by atoms with Crippen LogP contribution in [0.5, 0.6) is 0 Å². The lowest BCUT2D eigenvalue weighted by atomic mass is 9.46. The molecule has 154 valence electrons. The third-order valence-corrected chi connectivity index (χ3v) is 5.82. The Kier molecular flexibility index (Phi) is 5.98. The molecular weight excluding hydrogens is 349 g/mol. The number of carboxylic acids is 1. The zero-order chi connectivity index (χ0) is 20.6. The highest BCUT2D eigenvalue weighted by Crippen LogP contribution is 2.64. The fourth-order valence-electron chi connectivity index (χ4n) is 5.16. The first-order valence-corrected chi connectivity index (χ1v) is 9.75. The molecule has 1 saturated carbocycles. The van der Waals surface area contributed by atoms with Crippen LogP contribution in [-0.2, 0) is 9.53 Å². The van der Waals surface area contributed by atoms with Gasteiger partial charge in [0, 0.05) is 12.0 Å². The number of halogens is 1. The number of carbonyl (C=O) groups is 2. The first-order chi connectivity index (χ1) is 12.3. The molecular formula is C21H34FNO4. The number of allylic oxidation sites excluding steroid dienone is 2. The number of aliphatic carboxylic acids is 1. The monoisotopic (exact) mass is 383 g/mol. The van der Waals surface area contributed by atoms with Crippen LogP contribution in [-0.4, -0.2) is 36.0 Å². The van der Waals surface area contributed by atoms with Crippen molar-refractivity contribution < 1.29 is 23.8 Å². The van der Waals surface area contributed by atoms with Crippen molar-refractivity contribution >= 4 is 12.1 Å². The van der Waals surface area contributed by atoms with E-state index < -0.39 is 41.1 Å². The Bertz CT molecular complexity index is 617. The maximum Gasteiger partial charge on any atom is 0.407 e. The number of hydrogen-bond acceptors (Lipinski definition) is 3. The maximum atomic E-state index is 12.8. The van der Waals surface area contributed by atoms with Crippen LogP contribution < -0.4 is 5.32 Å². The van der Waals surface area contributed by atoms with Crippen LogP contribution in [0.4, 0.5) is 9.18 Å². The van der Waals surface area contributed by atoms with Crippen molar-refractivity contribution in [3.8, 4) is 0 Å². The topological polar surface area (TPSA) is 75.6 Å². The number of fused-ring (bicyclic) bond motifs is 1. The Balaban J connectivity index is 2.28. The molecule has 0 radical (unpaired) electrons. The van der Waals surface area contributed by atoms with E-state index in [1.54, 1.807) is 20.8 Å². The molecule has 0 aromatic heterocycles. The number of hydrogen-bond donors (Lipinski definition) is 2. The molecule has 0 aromatic carbocycles. The second-order valence-corrected chi connectivity index (χ2v) is 10.2. The maximum absolute atomic E-state index is 12.8. The highest BCUT2D eigenvalue weighted by molar-refractivity contribution is 5.73. The summed E-state index contributed by atoms with van der Waals surface area (Å²) >= 11 is 0. The number of rotatable bonds is 6. The molecule has 1 fully saturated rings. The summed E-state index contributed by atoms with van der Waals surface area (Å²) in [4.78, 5) is 24.4. The molecule has 1 unspecified atom stereocenters. The molecule has 2 aliphatic rings. The molecule has 0 aliphatic heterocycles. The fraction of sp³-hybridized carbons (Fsp3) is 0.810. The van der Waals surface area contributed by atoms with Gasteiger partial charge in [-0.25, -0.2) is 4.79 Å². The molecule has 1 amide bonds. The van der Waals surface area contributed by atoms with Gasteiger partial charge < -0.3 is 15.2 Å². The molecule has 5 nitrogen and oxygen atoms in total. The number of nitrogens with one attached hydrogen (secondary N) is 1. The van der Waals surface area contributed by atoms with E-state index in [1.165, 1.54) is 0 Å². The number of alkyl halides is 1. The van der Waals surface area contributed by atoms with Gasteiger partial charge in [-0.2, -0.15) is 0 Å². The largest absolute Gasteiger partial charge is 0.481 e. The Morgan fingerprint density at radius 3 is 2.44 bits per heavy atom. The molecule has 2 N–H and O–H groups in total. The lowest BCUT2D eigenvalue weighted by Gasteiger charge is -2.58. The second kappa shape index (κ2) is 7.44. The molecule has 2 aliphatic carbocycles. The predicted octanol–water partition coefficient (Wildman–Crippen LogP) is 4.57. The van der Waals surface area contributed by atoms with Crippen LogP contribution in [0.15, 0.2) is 11.6 Å². The second-order valence-electron chi connectivity index (χ2n) is 10.2. The van der Waals surface area contributed by atoms with E-state index in [0.717, 1.165) is 12.0 Å². The summed E-state index contributed by atoms with van der Waals surface area (Å²) in [5.74, 6) is -1.08. The SMILES string of the molecule is CC(C)(C)OC(=O)NC[C@]1(C(C(=O)O)C(C)(C)C)C[C@@H]2CC(CCF)=C[C@H]21. The lowest BCUT2D eigenvalue weighted by Crippen LogP contribution is -2.61. The van der Waals surface area contributed by atoms with Gasteiger partial charge in [0.15, 0.2) is 0 Å². The van der Waals surface area contributed by atoms with Gasteiger partial charge in [0.05, 0.1) is 12.6 Å². The Labute approximate surface area is 161 Å². The molecule has 6 heteroatoms. The zero-order valence-corrected chi connectivity index (χ0v) is 17.4. The van der Waals surface area contributed by atoms with Crippen LogP contribution >= 0.6 is 0 Å². The quantitative estimate of drug-likeness (QED) is 0.659. The third kappa shape index (κ3) is 4.64. The number of alkyl carbamates (subject to hydrolysis) is 1. The summed E-state index contributed by atoms with van der Waals surface area (Å²) in [6, 6.07) is 0. The first-order valence-electron chi connectivity index (χ1n) is 9.75. The van der Waals surface area contributed by atoms with Gasteiger partial charge in [-0.05, 0) is 57.3 Å². The fourth-order valence-corrected chi connectivity index (χ4v) is 5.16. The summed E-state index contributed by atoms with van der Waals surface area (Å²) < 4.78 is 18.1. The Morgan fingerprint density at radius 2 is 1.96 bits per heavy atom. The molecule has 0 aromatic rings. The molecule has 0 heterocycles. The smallest absolute Gasteiger partial charge is 0.407 e. The van der Waals surface area contributed by atoms with Gasteiger partial charge in [-0.1, -0.05) is 32.4 Å². The molecule has 0 spiro atoms. The zero-order valence-electron chi connectivity index (χ0n) is 17.4. The summed E-state index contributed by atoms with van der Waals surface area (Å²) in [6.45, 7) is 11.0. The van der Waals surface area contributed by atoms with Gasteiger partial charge in [0.2, 0.25) is 0 Å². The highest BCUT2D eigenvalue weighted by atomic mass is 19.1. The molecule has 4 atom stereocenters. The van der Waals surface area contributed by atoms with E-state index in [1.807, 2.05) is 20.8 Å². The van der Waals surface area contributed by atoms with Gasteiger partial charge in [-0.3, -0.25) is 9.18 Å². The van der Waals surface area contributed by atoms with E-state index in [-0.39, 0.29) is 12.5 Å². The van der Waals surface area contributed by atoms with E-state index in [0.29, 0.717) is 18.8 Å². The van der Waals surface area contributed by atoms with Crippen LogP contribution in [0.3, 0.4) is 0 Å². The minimum absolute atomic E-state index is 0.0503. The highest BCUT2D eigenvalue weighted by Gasteiger charge is 2.63. The first kappa shape index (κ1) is 21.7. The van der Waals surface area contributed by atoms with Gasteiger partial charge in [0.1, 0.15) is 5.60 Å². The molecule has 0 saturated heterocycles. The molecule has 2 rings (SSSR count). The van der Waals surface area contributed by atoms with Crippen molar-refractivity contribution in [3.05, 3.63) is 11.6 Å².